The summed E-state index contributed by atoms with van der Waals surface area (Å²) in [6.07, 6.45) is 10.2. The molecule has 0 bridgehead atoms. The third-order valence-corrected chi connectivity index (χ3v) is 10.1. The molecule has 1 atom stereocenters. The van der Waals surface area contributed by atoms with Gasteiger partial charge in [-0.15, -0.1) is 0 Å². The lowest BCUT2D eigenvalue weighted by atomic mass is 10.0. The summed E-state index contributed by atoms with van der Waals surface area (Å²) in [5, 5.41) is 9.08. The van der Waals surface area contributed by atoms with Crippen LogP contribution in [-0.2, 0) is 9.59 Å². The number of fused-ring (bicyclic) bond motifs is 2. The Hall–Kier alpha value is -6.12. The van der Waals surface area contributed by atoms with Crippen LogP contribution in [0, 0.1) is 0 Å². The number of anilines is 2. The quantitative estimate of drug-likeness (QED) is 0.132. The zero-order valence-corrected chi connectivity index (χ0v) is 30.2. The molecular weight excluding hydrogens is 692 g/mol. The van der Waals surface area contributed by atoms with Crippen molar-refractivity contribution in [3.8, 4) is 5.75 Å². The van der Waals surface area contributed by atoms with Crippen molar-refractivity contribution in [2.45, 2.75) is 69.9 Å². The fraction of sp³-hybridized carbons (Fsp3) is 0.385. The molecule has 1 unspecified atom stereocenters. The van der Waals surface area contributed by atoms with Gasteiger partial charge in [0.15, 0.2) is 0 Å². The lowest BCUT2D eigenvalue weighted by Crippen LogP contribution is -2.54. The second kappa shape index (κ2) is 15.5. The highest BCUT2D eigenvalue weighted by Gasteiger charge is 2.46. The highest BCUT2D eigenvalue weighted by atomic mass is 16.5. The number of nitrogens with one attached hydrogen (secondary N) is 3. The van der Waals surface area contributed by atoms with Crippen molar-refractivity contribution < 1.29 is 33.5 Å². The number of benzene rings is 2. The summed E-state index contributed by atoms with van der Waals surface area (Å²) >= 11 is 0. The van der Waals surface area contributed by atoms with Crippen LogP contribution in [0.2, 0.25) is 0 Å². The van der Waals surface area contributed by atoms with E-state index in [4.69, 9.17) is 9.72 Å². The minimum Gasteiger partial charge on any atom is -0.493 e. The molecule has 7 rings (SSSR count). The zero-order valence-electron chi connectivity index (χ0n) is 30.2. The Morgan fingerprint density at radius 3 is 2.48 bits per heavy atom. The van der Waals surface area contributed by atoms with Crippen LogP contribution in [-0.4, -0.2) is 93.1 Å². The first-order valence-corrected chi connectivity index (χ1v) is 18.3. The van der Waals surface area contributed by atoms with Gasteiger partial charge < -0.3 is 24.8 Å². The Morgan fingerprint density at radius 2 is 1.74 bits per heavy atom. The van der Waals surface area contributed by atoms with Crippen LogP contribution >= 0.6 is 0 Å². The van der Waals surface area contributed by atoms with Crippen molar-refractivity contribution in [2.75, 3.05) is 32.6 Å². The molecule has 0 radical (unpaired) electrons. The van der Waals surface area contributed by atoms with Crippen LogP contribution in [0.5, 0.6) is 5.75 Å². The predicted octanol–water partition coefficient (Wildman–Crippen LogP) is 4.37. The normalized spacial score (nSPS) is 17.1. The van der Waals surface area contributed by atoms with Gasteiger partial charge in [0.05, 0.1) is 28.7 Å². The SMILES string of the molecule is CN(C)C(=O)c1cn(C2CCCC2)c2nc(Nc3ccc(C(=O)NCCCCCOc4cccc5c4C(=O)N(C4CCC(=O)NC4=O)C5=O)cc3)ncc12. The fourth-order valence-electron chi connectivity index (χ4n) is 7.29. The topological polar surface area (TPSA) is 185 Å². The number of amides is 6. The summed E-state index contributed by atoms with van der Waals surface area (Å²) in [4.78, 5) is 87.7. The summed E-state index contributed by atoms with van der Waals surface area (Å²) in [5.74, 6) is -1.91. The maximum Gasteiger partial charge on any atom is 0.266 e. The van der Waals surface area contributed by atoms with Gasteiger partial charge in [-0.1, -0.05) is 18.9 Å². The van der Waals surface area contributed by atoms with Crippen molar-refractivity contribution in [3.05, 3.63) is 77.1 Å². The van der Waals surface area contributed by atoms with Crippen molar-refractivity contribution >= 4 is 58.1 Å². The highest BCUT2D eigenvalue weighted by molar-refractivity contribution is 6.24. The number of hydrogen-bond acceptors (Lipinski definition) is 10. The minimum atomic E-state index is -1.04. The molecule has 1 saturated heterocycles. The van der Waals surface area contributed by atoms with Gasteiger partial charge in [0, 0.05) is 56.7 Å². The van der Waals surface area contributed by atoms with Crippen LogP contribution in [0.25, 0.3) is 11.0 Å². The van der Waals surface area contributed by atoms with E-state index in [2.05, 4.69) is 25.5 Å². The van der Waals surface area contributed by atoms with Gasteiger partial charge in [0.25, 0.3) is 23.6 Å². The molecule has 54 heavy (non-hydrogen) atoms. The number of ether oxygens (including phenoxy) is 1. The molecule has 4 heterocycles. The molecule has 1 saturated carbocycles. The Bertz CT molecular complexity index is 2140. The van der Waals surface area contributed by atoms with Gasteiger partial charge >= 0.3 is 0 Å². The van der Waals surface area contributed by atoms with Crippen LogP contribution < -0.4 is 20.7 Å². The van der Waals surface area contributed by atoms with E-state index in [1.165, 1.54) is 6.07 Å². The number of nitrogens with zero attached hydrogens (tertiary/aromatic N) is 5. The summed E-state index contributed by atoms with van der Waals surface area (Å²) in [5.41, 5.74) is 2.82. The smallest absolute Gasteiger partial charge is 0.266 e. The summed E-state index contributed by atoms with van der Waals surface area (Å²) < 4.78 is 8.01. The molecule has 3 N–H and O–H groups in total. The average Bonchev–Trinajstić information content (AvgIpc) is 3.89. The Kier molecular flexibility index (Phi) is 10.4. The van der Waals surface area contributed by atoms with Crippen LogP contribution in [0.4, 0.5) is 11.6 Å². The number of rotatable bonds is 13. The largest absolute Gasteiger partial charge is 0.493 e. The summed E-state index contributed by atoms with van der Waals surface area (Å²) in [6.45, 7) is 0.747. The molecule has 2 aromatic heterocycles. The molecular formula is C39H42N8O7. The number of unbranched alkanes of at least 4 members (excludes halogenated alkanes) is 2. The third-order valence-electron chi connectivity index (χ3n) is 10.1. The first-order chi connectivity index (χ1) is 26.1. The van der Waals surface area contributed by atoms with E-state index < -0.39 is 29.7 Å². The second-order valence-electron chi connectivity index (χ2n) is 14.0. The Balaban J connectivity index is 0.875. The number of carbonyl (C=O) groups is 6. The maximum absolute atomic E-state index is 13.2. The van der Waals surface area contributed by atoms with Crippen LogP contribution in [0.15, 0.2) is 54.9 Å². The molecule has 3 aliphatic rings. The molecule has 15 nitrogen and oxygen atoms in total. The number of hydrogen-bond donors (Lipinski definition) is 3. The molecule has 4 aromatic rings. The van der Waals surface area contributed by atoms with Gasteiger partial charge in [-0.2, -0.15) is 4.98 Å². The predicted molar refractivity (Wildman–Crippen MR) is 198 cm³/mol. The van der Waals surface area contributed by atoms with Crippen molar-refractivity contribution in [2.24, 2.45) is 0 Å². The molecule has 0 spiro atoms. The van der Waals surface area contributed by atoms with Gasteiger partial charge in [-0.3, -0.25) is 39.0 Å². The first-order valence-electron chi connectivity index (χ1n) is 18.3. The first kappa shape index (κ1) is 36.2. The van der Waals surface area contributed by atoms with E-state index >= 15 is 0 Å². The Morgan fingerprint density at radius 1 is 0.963 bits per heavy atom. The summed E-state index contributed by atoms with van der Waals surface area (Å²) in [6, 6.07) is 11.1. The van der Waals surface area contributed by atoms with Crippen molar-refractivity contribution in [1.82, 2.24) is 35.0 Å². The number of piperidine rings is 1. The number of aromatic nitrogens is 3. The van der Waals surface area contributed by atoms with Crippen molar-refractivity contribution in [3.63, 3.8) is 0 Å². The van der Waals surface area contributed by atoms with Gasteiger partial charge in [-0.25, -0.2) is 4.98 Å². The van der Waals surface area contributed by atoms with E-state index in [-0.39, 0.29) is 48.1 Å². The molecule has 2 fully saturated rings. The van der Waals surface area contributed by atoms with Gasteiger partial charge in [0.2, 0.25) is 17.8 Å². The van der Waals surface area contributed by atoms with E-state index in [9.17, 15) is 28.8 Å². The average molecular weight is 735 g/mol. The molecule has 280 valence electrons. The minimum absolute atomic E-state index is 0.0473. The highest BCUT2D eigenvalue weighted by Crippen LogP contribution is 2.35. The zero-order chi connectivity index (χ0) is 37.9. The fourth-order valence-corrected chi connectivity index (χ4v) is 7.29. The van der Waals surface area contributed by atoms with E-state index in [1.54, 1.807) is 61.6 Å². The number of imide groups is 2. The van der Waals surface area contributed by atoms with Gasteiger partial charge in [0.1, 0.15) is 17.4 Å². The second-order valence-corrected chi connectivity index (χ2v) is 14.0. The standard InChI is InChI=1S/C39H42N8O7/c1-45(2)36(51)28-22-46(25-9-4-5-10-25)33-27(28)21-41-39(44-33)42-24-15-13-23(14-16-24)34(49)40-19-6-3-7-20-54-30-12-8-11-26-32(30)38(53)47(37(26)52)29-17-18-31(48)43-35(29)50/h8,11-16,21-22,25,29H,3-7,9-10,17-20H2,1-2H3,(H,40,49)(H,41,42,44)(H,43,48,50). The Labute approximate surface area is 311 Å². The molecule has 2 aliphatic heterocycles. The third kappa shape index (κ3) is 7.25. The maximum atomic E-state index is 13.2. The molecule has 2 aromatic carbocycles. The van der Waals surface area contributed by atoms with E-state index in [0.717, 1.165) is 48.0 Å². The lowest BCUT2D eigenvalue weighted by molar-refractivity contribution is -0.136. The van der Waals surface area contributed by atoms with Gasteiger partial charge in [-0.05, 0) is 74.9 Å². The lowest BCUT2D eigenvalue weighted by Gasteiger charge is -2.27. The summed E-state index contributed by atoms with van der Waals surface area (Å²) in [7, 11) is 3.47. The van der Waals surface area contributed by atoms with Crippen molar-refractivity contribution in [1.29, 1.82) is 0 Å². The number of carbonyl (C=O) groups excluding carboxylic acids is 6. The monoisotopic (exact) mass is 734 g/mol. The van der Waals surface area contributed by atoms with E-state index in [1.807, 2.05) is 6.20 Å². The van der Waals surface area contributed by atoms with E-state index in [0.29, 0.717) is 48.2 Å². The molecule has 6 amide bonds. The van der Waals surface area contributed by atoms with Crippen LogP contribution in [0.1, 0.15) is 105 Å². The molecule has 1 aliphatic carbocycles. The molecule has 15 heteroatoms. The van der Waals surface area contributed by atoms with Crippen LogP contribution in [0.3, 0.4) is 0 Å².